The van der Waals surface area contributed by atoms with Crippen molar-refractivity contribution in [2.24, 2.45) is 0 Å². The maximum Gasteiger partial charge on any atom is 0.291 e. The van der Waals surface area contributed by atoms with Gasteiger partial charge in [-0.3, -0.25) is 9.59 Å². The summed E-state index contributed by atoms with van der Waals surface area (Å²) in [6.45, 7) is 4.33. The van der Waals surface area contributed by atoms with Crippen LogP contribution >= 0.6 is 0 Å². The molecule has 0 bridgehead atoms. The van der Waals surface area contributed by atoms with Gasteiger partial charge in [-0.25, -0.2) is 0 Å². The number of fused-ring (bicyclic) bond motifs is 1. The van der Waals surface area contributed by atoms with E-state index in [0.29, 0.717) is 48.4 Å². The van der Waals surface area contributed by atoms with Gasteiger partial charge in [0.2, 0.25) is 5.76 Å². The predicted molar refractivity (Wildman–Crippen MR) is 136 cm³/mol. The molecule has 5 rings (SSSR count). The number of piperazine rings is 1. The van der Waals surface area contributed by atoms with E-state index in [1.807, 2.05) is 67.6 Å². The Bertz CT molecular complexity index is 1390. The Morgan fingerprint density at radius 2 is 1.66 bits per heavy atom. The van der Waals surface area contributed by atoms with Gasteiger partial charge in [-0.15, -0.1) is 0 Å². The SMILES string of the molecule is COc1cccc(N2CCN(C(=O)c3oc4ccccc4c3NC(=O)c3ccccc3C)CC2)c1. The number of anilines is 2. The lowest BCUT2D eigenvalue weighted by Gasteiger charge is -2.36. The normalized spacial score (nSPS) is 13.7. The van der Waals surface area contributed by atoms with Crippen LogP contribution in [0.2, 0.25) is 0 Å². The topological polar surface area (TPSA) is 75.0 Å². The van der Waals surface area contributed by atoms with Gasteiger partial charge < -0.3 is 24.3 Å². The molecule has 1 N–H and O–H groups in total. The third-order valence-electron chi connectivity index (χ3n) is 6.40. The Balaban J connectivity index is 1.38. The maximum atomic E-state index is 13.6. The Kier molecular flexibility index (Phi) is 6.14. The number of carbonyl (C=O) groups excluding carboxylic acids is 2. The van der Waals surface area contributed by atoms with Gasteiger partial charge >= 0.3 is 0 Å². The second-order valence-electron chi connectivity index (χ2n) is 8.55. The van der Waals surface area contributed by atoms with E-state index < -0.39 is 0 Å². The standard InChI is InChI=1S/C28H27N3O4/c1-19-8-3-4-11-22(19)27(32)29-25-23-12-5-6-13-24(23)35-26(25)28(33)31-16-14-30(15-17-31)20-9-7-10-21(18-20)34-2/h3-13,18H,14-17H2,1-2H3,(H,29,32). The minimum atomic E-state index is -0.272. The molecule has 2 heterocycles. The molecule has 4 aromatic rings. The molecule has 7 heteroatoms. The average molecular weight is 470 g/mol. The first kappa shape index (κ1) is 22.5. The first-order valence-corrected chi connectivity index (χ1v) is 11.6. The van der Waals surface area contributed by atoms with Crippen molar-refractivity contribution in [2.45, 2.75) is 6.92 Å². The van der Waals surface area contributed by atoms with E-state index in [9.17, 15) is 9.59 Å². The molecule has 1 aromatic heterocycles. The molecule has 35 heavy (non-hydrogen) atoms. The zero-order chi connectivity index (χ0) is 24.4. The fraction of sp³-hybridized carbons (Fsp3) is 0.214. The summed E-state index contributed by atoms with van der Waals surface area (Å²) in [6.07, 6.45) is 0. The largest absolute Gasteiger partial charge is 0.497 e. The van der Waals surface area contributed by atoms with E-state index in [2.05, 4.69) is 10.2 Å². The van der Waals surface area contributed by atoms with E-state index in [1.54, 1.807) is 24.1 Å². The lowest BCUT2D eigenvalue weighted by Crippen LogP contribution is -2.48. The molecule has 7 nitrogen and oxygen atoms in total. The highest BCUT2D eigenvalue weighted by Crippen LogP contribution is 2.33. The number of para-hydroxylation sites is 1. The average Bonchev–Trinajstić information content (AvgIpc) is 3.26. The second kappa shape index (κ2) is 9.54. The van der Waals surface area contributed by atoms with Crippen molar-refractivity contribution in [2.75, 3.05) is 43.5 Å². The number of methoxy groups -OCH3 is 1. The number of nitrogens with zero attached hydrogens (tertiary/aromatic N) is 2. The van der Waals surface area contributed by atoms with Crippen LogP contribution in [0, 0.1) is 6.92 Å². The van der Waals surface area contributed by atoms with Crippen LogP contribution in [-0.2, 0) is 0 Å². The van der Waals surface area contributed by atoms with Gasteiger partial charge in [-0.1, -0.05) is 36.4 Å². The molecular formula is C28H27N3O4. The molecule has 3 aromatic carbocycles. The highest BCUT2D eigenvalue weighted by molar-refractivity contribution is 6.14. The second-order valence-corrected chi connectivity index (χ2v) is 8.55. The van der Waals surface area contributed by atoms with Crippen molar-refractivity contribution in [1.29, 1.82) is 0 Å². The van der Waals surface area contributed by atoms with Gasteiger partial charge in [0.1, 0.15) is 17.0 Å². The smallest absolute Gasteiger partial charge is 0.291 e. The summed E-state index contributed by atoms with van der Waals surface area (Å²) in [5.74, 6) is 0.457. The fourth-order valence-corrected chi connectivity index (χ4v) is 4.45. The molecule has 0 aliphatic carbocycles. The molecule has 0 atom stereocenters. The van der Waals surface area contributed by atoms with Crippen molar-refractivity contribution in [3.8, 4) is 5.75 Å². The van der Waals surface area contributed by atoms with Gasteiger partial charge in [-0.2, -0.15) is 0 Å². The Morgan fingerprint density at radius 1 is 0.914 bits per heavy atom. The number of furan rings is 1. The molecule has 0 radical (unpaired) electrons. The van der Waals surface area contributed by atoms with Crippen molar-refractivity contribution in [3.05, 3.63) is 89.7 Å². The molecular weight excluding hydrogens is 442 g/mol. The van der Waals surface area contributed by atoms with Crippen molar-refractivity contribution in [1.82, 2.24) is 4.90 Å². The molecule has 0 saturated carbocycles. The summed E-state index contributed by atoms with van der Waals surface area (Å²) in [7, 11) is 1.65. The minimum absolute atomic E-state index is 0.156. The predicted octanol–water partition coefficient (Wildman–Crippen LogP) is 4.96. The third kappa shape index (κ3) is 4.45. The zero-order valence-electron chi connectivity index (χ0n) is 19.8. The number of benzene rings is 3. The van der Waals surface area contributed by atoms with Crippen LogP contribution in [-0.4, -0.2) is 50.0 Å². The monoisotopic (exact) mass is 469 g/mol. The Morgan fingerprint density at radius 3 is 2.43 bits per heavy atom. The summed E-state index contributed by atoms with van der Waals surface area (Å²) < 4.78 is 11.3. The van der Waals surface area contributed by atoms with Gasteiger partial charge in [0, 0.05) is 48.9 Å². The lowest BCUT2D eigenvalue weighted by atomic mass is 10.1. The molecule has 0 unspecified atom stereocenters. The number of hydrogen-bond donors (Lipinski definition) is 1. The summed E-state index contributed by atoms with van der Waals surface area (Å²) in [6, 6.07) is 22.6. The maximum absolute atomic E-state index is 13.6. The van der Waals surface area contributed by atoms with Crippen LogP contribution in [0.5, 0.6) is 5.75 Å². The van der Waals surface area contributed by atoms with Crippen LogP contribution in [0.25, 0.3) is 11.0 Å². The molecule has 1 fully saturated rings. The van der Waals surface area contributed by atoms with Crippen molar-refractivity contribution >= 4 is 34.2 Å². The summed E-state index contributed by atoms with van der Waals surface area (Å²) >= 11 is 0. The Hall–Kier alpha value is -4.26. The van der Waals surface area contributed by atoms with Crippen molar-refractivity contribution < 1.29 is 18.7 Å². The summed E-state index contributed by atoms with van der Waals surface area (Å²) in [4.78, 5) is 30.6. The molecule has 1 saturated heterocycles. The number of carbonyl (C=O) groups is 2. The molecule has 0 spiro atoms. The number of aryl methyl sites for hydroxylation is 1. The highest BCUT2D eigenvalue weighted by Gasteiger charge is 2.29. The summed E-state index contributed by atoms with van der Waals surface area (Å²) in [5.41, 5.74) is 3.45. The number of amides is 2. The van der Waals surface area contributed by atoms with E-state index >= 15 is 0 Å². The molecule has 178 valence electrons. The van der Waals surface area contributed by atoms with Crippen LogP contribution in [0.3, 0.4) is 0 Å². The van der Waals surface area contributed by atoms with E-state index in [4.69, 9.17) is 9.15 Å². The molecule has 1 aliphatic heterocycles. The fourth-order valence-electron chi connectivity index (χ4n) is 4.45. The minimum Gasteiger partial charge on any atom is -0.497 e. The van der Waals surface area contributed by atoms with Gasteiger partial charge in [0.25, 0.3) is 11.8 Å². The molecule has 1 aliphatic rings. The van der Waals surface area contributed by atoms with E-state index in [-0.39, 0.29) is 17.6 Å². The van der Waals surface area contributed by atoms with Gasteiger partial charge in [-0.05, 0) is 42.8 Å². The Labute approximate surface area is 203 Å². The number of rotatable bonds is 5. The van der Waals surface area contributed by atoms with Crippen LogP contribution in [0.15, 0.2) is 77.2 Å². The first-order chi connectivity index (χ1) is 17.0. The first-order valence-electron chi connectivity index (χ1n) is 11.6. The van der Waals surface area contributed by atoms with E-state index in [0.717, 1.165) is 17.0 Å². The summed E-state index contributed by atoms with van der Waals surface area (Å²) in [5, 5.41) is 3.66. The zero-order valence-corrected chi connectivity index (χ0v) is 19.8. The van der Waals surface area contributed by atoms with Crippen LogP contribution < -0.4 is 15.0 Å². The van der Waals surface area contributed by atoms with Crippen LogP contribution in [0.1, 0.15) is 26.5 Å². The highest BCUT2D eigenvalue weighted by atomic mass is 16.5. The quantitative estimate of drug-likeness (QED) is 0.447. The van der Waals surface area contributed by atoms with Crippen molar-refractivity contribution in [3.63, 3.8) is 0 Å². The number of nitrogens with one attached hydrogen (secondary N) is 1. The third-order valence-corrected chi connectivity index (χ3v) is 6.40. The number of hydrogen-bond acceptors (Lipinski definition) is 5. The lowest BCUT2D eigenvalue weighted by molar-refractivity contribution is 0.0718. The van der Waals surface area contributed by atoms with E-state index in [1.165, 1.54) is 0 Å². The number of ether oxygens (including phenoxy) is 1. The van der Waals surface area contributed by atoms with Gasteiger partial charge in [0.05, 0.1) is 7.11 Å². The van der Waals surface area contributed by atoms with Crippen LogP contribution in [0.4, 0.5) is 11.4 Å². The molecule has 2 amide bonds. The van der Waals surface area contributed by atoms with Gasteiger partial charge in [0.15, 0.2) is 0 Å².